The van der Waals surface area contributed by atoms with Gasteiger partial charge < -0.3 is 9.84 Å². The van der Waals surface area contributed by atoms with Crippen LogP contribution in [0, 0.1) is 16.7 Å². The van der Waals surface area contributed by atoms with E-state index in [4.69, 9.17) is 4.74 Å². The van der Waals surface area contributed by atoms with Crippen LogP contribution in [-0.4, -0.2) is 16.7 Å². The largest absolute Gasteiger partial charge is 0.424 e. The molecule has 0 aliphatic rings. The molecule has 0 aromatic heterocycles. The Morgan fingerprint density at radius 2 is 1.08 bits per heavy atom. The summed E-state index contributed by atoms with van der Waals surface area (Å²) in [7, 11) is 0. The Kier molecular flexibility index (Phi) is 16.5. The molecular weight excluding hydrogens is 468 g/mol. The molecule has 0 saturated carbocycles. The van der Waals surface area contributed by atoms with E-state index in [1.54, 1.807) is 12.1 Å². The third kappa shape index (κ3) is 12.7. The molecule has 1 aromatic rings. The average Bonchev–Trinajstić information content (AvgIpc) is 2.84. The number of rotatable bonds is 20. The summed E-state index contributed by atoms with van der Waals surface area (Å²) >= 11 is 0. The van der Waals surface area contributed by atoms with Crippen molar-refractivity contribution < 1.29 is 14.6 Å². The first kappa shape index (κ1) is 34.7. The Labute approximate surface area is 236 Å². The molecule has 1 N–H and O–H groups in total. The highest BCUT2D eigenvalue weighted by atomic mass is 16.6. The van der Waals surface area contributed by atoms with Gasteiger partial charge in [0.25, 0.3) is 0 Å². The van der Waals surface area contributed by atoms with Gasteiger partial charge in [0.2, 0.25) is 0 Å². The van der Waals surface area contributed by atoms with E-state index in [2.05, 4.69) is 27.7 Å². The number of hydrogen-bond donors (Lipinski definition) is 1. The minimum absolute atomic E-state index is 0.196. The van der Waals surface area contributed by atoms with E-state index < -0.39 is 17.0 Å². The summed E-state index contributed by atoms with van der Waals surface area (Å²) in [5.74, 6) is -0.249. The molecule has 0 bridgehead atoms. The Hall–Kier alpha value is -1.35. The summed E-state index contributed by atoms with van der Waals surface area (Å²) in [6.45, 7) is 14.5. The summed E-state index contributed by atoms with van der Waals surface area (Å²) < 4.78 is 5.73. The lowest BCUT2D eigenvalue weighted by atomic mass is 9.59. The molecule has 1 rings (SSSR count). The Bertz CT molecular complexity index is 728. The van der Waals surface area contributed by atoms with Gasteiger partial charge in [-0.05, 0) is 24.0 Å². The van der Waals surface area contributed by atoms with Crippen molar-refractivity contribution >= 4 is 5.97 Å². The zero-order valence-electron chi connectivity index (χ0n) is 26.2. The van der Waals surface area contributed by atoms with Crippen molar-refractivity contribution in [2.75, 3.05) is 0 Å². The van der Waals surface area contributed by atoms with Crippen molar-refractivity contribution in [3.8, 4) is 5.75 Å². The highest BCUT2D eigenvalue weighted by Gasteiger charge is 2.57. The normalized spacial score (nSPS) is 14.7. The second-order valence-electron chi connectivity index (χ2n) is 13.7. The third-order valence-electron chi connectivity index (χ3n) is 8.30. The lowest BCUT2D eigenvalue weighted by Gasteiger charge is -2.48. The fraction of sp³-hybridized carbons (Fsp3) is 0.800. The van der Waals surface area contributed by atoms with Gasteiger partial charge in [-0.3, -0.25) is 0 Å². The molecular formula is C35H62O3. The van der Waals surface area contributed by atoms with Gasteiger partial charge in [-0.2, -0.15) is 0 Å². The van der Waals surface area contributed by atoms with Gasteiger partial charge in [0, 0.05) is 11.3 Å². The topological polar surface area (TPSA) is 46.5 Å². The molecule has 3 heteroatoms. The van der Waals surface area contributed by atoms with E-state index in [1.165, 1.54) is 89.9 Å². The minimum atomic E-state index is -1.57. The van der Waals surface area contributed by atoms with Gasteiger partial charge in [-0.25, -0.2) is 4.79 Å². The van der Waals surface area contributed by atoms with E-state index in [9.17, 15) is 9.90 Å². The maximum Gasteiger partial charge on any atom is 0.344 e. The fourth-order valence-corrected chi connectivity index (χ4v) is 5.81. The van der Waals surface area contributed by atoms with Gasteiger partial charge in [-0.15, -0.1) is 0 Å². The molecule has 3 nitrogen and oxygen atoms in total. The van der Waals surface area contributed by atoms with Crippen molar-refractivity contribution in [2.45, 2.75) is 163 Å². The number of esters is 1. The highest BCUT2D eigenvalue weighted by molar-refractivity contribution is 5.83. The Balaban J connectivity index is 2.40. The average molecular weight is 531 g/mol. The number of carbonyl (C=O) groups is 1. The van der Waals surface area contributed by atoms with Crippen LogP contribution in [0.1, 0.15) is 158 Å². The smallest absolute Gasteiger partial charge is 0.344 e. The van der Waals surface area contributed by atoms with Crippen LogP contribution in [0.25, 0.3) is 0 Å². The molecule has 0 heterocycles. The lowest BCUT2D eigenvalue weighted by Crippen LogP contribution is -2.60. The SMILES string of the molecule is CCCCCCCCCCCCCCCCCCC(C(C)(C)C)C(O)(C(=O)Oc1ccccc1)C(C)(C)C. The van der Waals surface area contributed by atoms with Gasteiger partial charge in [0.15, 0.2) is 5.60 Å². The van der Waals surface area contributed by atoms with Crippen molar-refractivity contribution in [3.05, 3.63) is 30.3 Å². The van der Waals surface area contributed by atoms with E-state index >= 15 is 0 Å². The second-order valence-corrected chi connectivity index (χ2v) is 13.7. The Morgan fingerprint density at radius 3 is 1.45 bits per heavy atom. The predicted octanol–water partition coefficient (Wildman–Crippen LogP) is 10.7. The summed E-state index contributed by atoms with van der Waals surface area (Å²) in [5.41, 5.74) is -2.45. The monoisotopic (exact) mass is 530 g/mol. The van der Waals surface area contributed by atoms with Crippen LogP contribution < -0.4 is 4.74 Å². The van der Waals surface area contributed by atoms with Crippen LogP contribution in [0.5, 0.6) is 5.75 Å². The molecule has 38 heavy (non-hydrogen) atoms. The number of benzene rings is 1. The van der Waals surface area contributed by atoms with Crippen LogP contribution in [-0.2, 0) is 4.79 Å². The lowest BCUT2D eigenvalue weighted by molar-refractivity contribution is -0.189. The number of unbranched alkanes of at least 4 members (excludes halogenated alkanes) is 15. The number of carbonyl (C=O) groups excluding carboxylic acids is 1. The molecule has 220 valence electrons. The van der Waals surface area contributed by atoms with Crippen molar-refractivity contribution in [1.29, 1.82) is 0 Å². The zero-order valence-corrected chi connectivity index (χ0v) is 26.2. The maximum atomic E-state index is 13.5. The molecule has 1 aromatic carbocycles. The van der Waals surface area contributed by atoms with Crippen molar-refractivity contribution in [2.24, 2.45) is 16.7 Å². The molecule has 0 amide bonds. The number of ether oxygens (including phenoxy) is 1. The first-order valence-electron chi connectivity index (χ1n) is 15.9. The standard InChI is InChI=1S/C35H62O3/c1-8-9-10-11-12-13-14-15-16-17-18-19-20-21-22-26-29-31(33(2,3)4)35(37,34(5,6)7)32(36)38-30-27-24-23-25-28-30/h23-25,27-28,31,37H,8-22,26,29H2,1-7H3. The molecule has 0 radical (unpaired) electrons. The first-order valence-corrected chi connectivity index (χ1v) is 15.9. The van der Waals surface area contributed by atoms with Gasteiger partial charge in [0.1, 0.15) is 5.75 Å². The summed E-state index contributed by atoms with van der Waals surface area (Å²) in [6, 6.07) is 9.11. The molecule has 2 unspecified atom stereocenters. The minimum Gasteiger partial charge on any atom is -0.424 e. The van der Waals surface area contributed by atoms with Crippen molar-refractivity contribution in [3.63, 3.8) is 0 Å². The van der Waals surface area contributed by atoms with Crippen molar-refractivity contribution in [1.82, 2.24) is 0 Å². The fourth-order valence-electron chi connectivity index (χ4n) is 5.81. The molecule has 2 atom stereocenters. The quantitative estimate of drug-likeness (QED) is 0.104. The number of hydrogen-bond acceptors (Lipinski definition) is 3. The third-order valence-corrected chi connectivity index (χ3v) is 8.30. The van der Waals surface area contributed by atoms with E-state index in [-0.39, 0.29) is 11.3 Å². The van der Waals surface area contributed by atoms with Crippen LogP contribution in [0.2, 0.25) is 0 Å². The van der Waals surface area contributed by atoms with Gasteiger partial charge in [0.05, 0.1) is 0 Å². The predicted molar refractivity (Wildman–Crippen MR) is 164 cm³/mol. The zero-order chi connectivity index (χ0) is 28.5. The van der Waals surface area contributed by atoms with E-state index in [1.807, 2.05) is 39.0 Å². The second kappa shape index (κ2) is 18.1. The Morgan fingerprint density at radius 1 is 0.684 bits per heavy atom. The van der Waals surface area contributed by atoms with E-state index in [0.717, 1.165) is 19.3 Å². The van der Waals surface area contributed by atoms with Crippen LogP contribution in [0.15, 0.2) is 30.3 Å². The number of aliphatic hydroxyl groups is 1. The molecule has 0 fully saturated rings. The number of para-hydroxylation sites is 1. The van der Waals surface area contributed by atoms with Gasteiger partial charge >= 0.3 is 5.97 Å². The molecule has 0 spiro atoms. The highest BCUT2D eigenvalue weighted by Crippen LogP contribution is 2.48. The van der Waals surface area contributed by atoms with Gasteiger partial charge in [-0.1, -0.05) is 169 Å². The summed E-state index contributed by atoms with van der Waals surface area (Å²) in [6.07, 6.45) is 22.2. The molecule has 0 aliphatic heterocycles. The van der Waals surface area contributed by atoms with Crippen LogP contribution in [0.3, 0.4) is 0 Å². The molecule has 0 aliphatic carbocycles. The van der Waals surface area contributed by atoms with Crippen LogP contribution in [0.4, 0.5) is 0 Å². The maximum absolute atomic E-state index is 13.5. The first-order chi connectivity index (χ1) is 17.9. The summed E-state index contributed by atoms with van der Waals surface area (Å²) in [4.78, 5) is 13.5. The summed E-state index contributed by atoms with van der Waals surface area (Å²) in [5, 5.41) is 12.0. The molecule has 0 saturated heterocycles. The van der Waals surface area contributed by atoms with E-state index in [0.29, 0.717) is 5.75 Å². The van der Waals surface area contributed by atoms with Crippen LogP contribution >= 0.6 is 0 Å².